The lowest BCUT2D eigenvalue weighted by Gasteiger charge is -2.31. The molecule has 17 heavy (non-hydrogen) atoms. The van der Waals surface area contributed by atoms with Crippen LogP contribution in [0.25, 0.3) is 0 Å². The van der Waals surface area contributed by atoms with Crippen LogP contribution in [0.15, 0.2) is 24.3 Å². The second-order valence-corrected chi connectivity index (χ2v) is 5.81. The summed E-state index contributed by atoms with van der Waals surface area (Å²) in [6, 6.07) is 8.74. The van der Waals surface area contributed by atoms with Gasteiger partial charge in [0.2, 0.25) is 0 Å². The standard InChI is InChI=1S/C14H18N2S/c15-13(17)14(6-7-14)10-16-8-5-11-3-1-2-4-12(11)9-16/h1-4H,5-10H2,(H2,15,17). The highest BCUT2D eigenvalue weighted by atomic mass is 32.1. The van der Waals surface area contributed by atoms with Crippen LogP contribution >= 0.6 is 12.2 Å². The lowest BCUT2D eigenvalue weighted by atomic mass is 9.98. The molecule has 0 spiro atoms. The van der Waals surface area contributed by atoms with Gasteiger partial charge in [0.15, 0.2) is 0 Å². The van der Waals surface area contributed by atoms with Gasteiger partial charge in [-0.3, -0.25) is 4.90 Å². The number of benzene rings is 1. The van der Waals surface area contributed by atoms with E-state index in [0.717, 1.165) is 31.0 Å². The Morgan fingerprint density at radius 3 is 2.65 bits per heavy atom. The minimum absolute atomic E-state index is 0.168. The Labute approximate surface area is 108 Å². The highest BCUT2D eigenvalue weighted by molar-refractivity contribution is 7.80. The fourth-order valence-electron chi connectivity index (χ4n) is 2.75. The lowest BCUT2D eigenvalue weighted by molar-refractivity contribution is 0.229. The molecule has 2 aliphatic rings. The number of hydrogen-bond acceptors (Lipinski definition) is 2. The highest BCUT2D eigenvalue weighted by Crippen LogP contribution is 2.47. The molecule has 1 aliphatic heterocycles. The van der Waals surface area contributed by atoms with Crippen molar-refractivity contribution in [1.82, 2.24) is 4.90 Å². The van der Waals surface area contributed by atoms with Crippen molar-refractivity contribution in [2.75, 3.05) is 13.1 Å². The highest BCUT2D eigenvalue weighted by Gasteiger charge is 2.46. The molecule has 0 bridgehead atoms. The summed E-state index contributed by atoms with van der Waals surface area (Å²) < 4.78 is 0. The predicted molar refractivity (Wildman–Crippen MR) is 73.9 cm³/mol. The molecule has 0 saturated heterocycles. The molecule has 90 valence electrons. The molecule has 1 aliphatic carbocycles. The third-order valence-corrected chi connectivity index (χ3v) is 4.55. The van der Waals surface area contributed by atoms with E-state index in [1.54, 1.807) is 0 Å². The number of hydrogen-bond donors (Lipinski definition) is 1. The molecule has 3 heteroatoms. The first-order valence-electron chi connectivity index (χ1n) is 6.29. The van der Waals surface area contributed by atoms with E-state index in [1.165, 1.54) is 24.0 Å². The minimum Gasteiger partial charge on any atom is -0.393 e. The van der Waals surface area contributed by atoms with E-state index in [4.69, 9.17) is 18.0 Å². The van der Waals surface area contributed by atoms with Gasteiger partial charge < -0.3 is 5.73 Å². The number of rotatable bonds is 3. The summed E-state index contributed by atoms with van der Waals surface area (Å²) in [4.78, 5) is 3.23. The van der Waals surface area contributed by atoms with Gasteiger partial charge in [0.1, 0.15) is 0 Å². The third-order valence-electron chi connectivity index (χ3n) is 4.11. The van der Waals surface area contributed by atoms with Crippen LogP contribution in [0.4, 0.5) is 0 Å². The molecular formula is C14H18N2S. The van der Waals surface area contributed by atoms with Crippen LogP contribution in [0.1, 0.15) is 24.0 Å². The average Bonchev–Trinajstić information content (AvgIpc) is 3.10. The summed E-state index contributed by atoms with van der Waals surface area (Å²) in [6.45, 7) is 3.25. The van der Waals surface area contributed by atoms with Crippen LogP contribution in [0.2, 0.25) is 0 Å². The van der Waals surface area contributed by atoms with Gasteiger partial charge >= 0.3 is 0 Å². The van der Waals surface area contributed by atoms with Gasteiger partial charge in [-0.05, 0) is 30.4 Å². The summed E-state index contributed by atoms with van der Waals surface area (Å²) in [6.07, 6.45) is 3.52. The zero-order valence-electron chi connectivity index (χ0n) is 9.98. The molecule has 3 rings (SSSR count). The van der Waals surface area contributed by atoms with Crippen molar-refractivity contribution < 1.29 is 0 Å². The maximum Gasteiger partial charge on any atom is 0.0802 e. The van der Waals surface area contributed by atoms with Crippen LogP contribution in [0.5, 0.6) is 0 Å². The SMILES string of the molecule is NC(=S)C1(CN2CCc3ccccc3C2)CC1. The number of nitrogens with zero attached hydrogens (tertiary/aromatic N) is 1. The van der Waals surface area contributed by atoms with E-state index in [-0.39, 0.29) is 5.41 Å². The molecule has 0 atom stereocenters. The van der Waals surface area contributed by atoms with E-state index in [2.05, 4.69) is 29.2 Å². The zero-order valence-corrected chi connectivity index (χ0v) is 10.8. The van der Waals surface area contributed by atoms with Crippen LogP contribution in [0, 0.1) is 5.41 Å². The Morgan fingerprint density at radius 1 is 1.29 bits per heavy atom. The summed E-state index contributed by atoms with van der Waals surface area (Å²) in [5.74, 6) is 0. The Morgan fingerprint density at radius 2 is 2.00 bits per heavy atom. The molecule has 1 saturated carbocycles. The molecule has 1 fully saturated rings. The predicted octanol–water partition coefficient (Wildman–Crippen LogP) is 2.11. The first kappa shape index (κ1) is 11.2. The number of nitrogens with two attached hydrogens (primary N) is 1. The monoisotopic (exact) mass is 246 g/mol. The van der Waals surface area contributed by atoms with Gasteiger partial charge in [0.25, 0.3) is 0 Å². The Bertz CT molecular complexity index is 451. The molecule has 2 N–H and O–H groups in total. The van der Waals surface area contributed by atoms with Crippen LogP contribution in [-0.4, -0.2) is 23.0 Å². The number of thiocarbonyl (C=S) groups is 1. The molecule has 1 aromatic rings. The number of fused-ring (bicyclic) bond motifs is 1. The van der Waals surface area contributed by atoms with Crippen molar-refractivity contribution in [3.8, 4) is 0 Å². The van der Waals surface area contributed by atoms with Crippen LogP contribution < -0.4 is 5.73 Å². The van der Waals surface area contributed by atoms with E-state index in [0.29, 0.717) is 0 Å². The Kier molecular flexibility index (Phi) is 2.68. The van der Waals surface area contributed by atoms with Crippen molar-refractivity contribution >= 4 is 17.2 Å². The normalized spacial score (nSPS) is 21.9. The van der Waals surface area contributed by atoms with Gasteiger partial charge in [-0.15, -0.1) is 0 Å². The quantitative estimate of drug-likeness (QED) is 0.828. The lowest BCUT2D eigenvalue weighted by Crippen LogP contribution is -2.39. The van der Waals surface area contributed by atoms with Crippen molar-refractivity contribution in [3.63, 3.8) is 0 Å². The van der Waals surface area contributed by atoms with Gasteiger partial charge in [-0.25, -0.2) is 0 Å². The summed E-state index contributed by atoms with van der Waals surface area (Å²) in [5.41, 5.74) is 8.99. The summed E-state index contributed by atoms with van der Waals surface area (Å²) in [7, 11) is 0. The minimum atomic E-state index is 0.168. The molecule has 0 radical (unpaired) electrons. The topological polar surface area (TPSA) is 29.3 Å². The fourth-order valence-corrected chi connectivity index (χ4v) is 3.02. The average molecular weight is 246 g/mol. The summed E-state index contributed by atoms with van der Waals surface area (Å²) >= 11 is 5.19. The van der Waals surface area contributed by atoms with Crippen molar-refractivity contribution in [2.45, 2.75) is 25.8 Å². The molecule has 1 heterocycles. The molecule has 1 aromatic carbocycles. The van der Waals surface area contributed by atoms with Crippen LogP contribution in [0.3, 0.4) is 0 Å². The van der Waals surface area contributed by atoms with Crippen LogP contribution in [-0.2, 0) is 13.0 Å². The van der Waals surface area contributed by atoms with Crippen molar-refractivity contribution in [3.05, 3.63) is 35.4 Å². The largest absolute Gasteiger partial charge is 0.393 e. The molecule has 0 aromatic heterocycles. The van der Waals surface area contributed by atoms with Crippen molar-refractivity contribution in [1.29, 1.82) is 0 Å². The van der Waals surface area contributed by atoms with Crippen molar-refractivity contribution in [2.24, 2.45) is 11.1 Å². The molecule has 2 nitrogen and oxygen atoms in total. The van der Waals surface area contributed by atoms with E-state index in [9.17, 15) is 0 Å². The first-order chi connectivity index (χ1) is 8.20. The second kappa shape index (κ2) is 4.07. The smallest absolute Gasteiger partial charge is 0.0802 e. The molecule has 0 amide bonds. The first-order valence-corrected chi connectivity index (χ1v) is 6.69. The Hall–Kier alpha value is -0.930. The second-order valence-electron chi connectivity index (χ2n) is 5.37. The maximum atomic E-state index is 5.85. The van der Waals surface area contributed by atoms with Gasteiger partial charge in [-0.1, -0.05) is 36.5 Å². The Balaban J connectivity index is 1.71. The van der Waals surface area contributed by atoms with E-state index < -0.39 is 0 Å². The molecule has 0 unspecified atom stereocenters. The zero-order chi connectivity index (χ0) is 11.9. The van der Waals surface area contributed by atoms with E-state index >= 15 is 0 Å². The van der Waals surface area contributed by atoms with E-state index in [1.807, 2.05) is 0 Å². The molecular weight excluding hydrogens is 228 g/mol. The third kappa shape index (κ3) is 2.09. The van der Waals surface area contributed by atoms with Gasteiger partial charge in [0, 0.05) is 25.0 Å². The fraction of sp³-hybridized carbons (Fsp3) is 0.500. The van der Waals surface area contributed by atoms with Gasteiger partial charge in [0.05, 0.1) is 4.99 Å². The van der Waals surface area contributed by atoms with Gasteiger partial charge in [-0.2, -0.15) is 0 Å². The summed E-state index contributed by atoms with van der Waals surface area (Å²) in [5, 5.41) is 0. The maximum absolute atomic E-state index is 5.85.